The van der Waals surface area contributed by atoms with Crippen LogP contribution < -0.4 is 0 Å². The maximum atomic E-state index is 6.31. The van der Waals surface area contributed by atoms with Crippen molar-refractivity contribution < 1.29 is 9.47 Å². The second kappa shape index (κ2) is 6.27. The van der Waals surface area contributed by atoms with Gasteiger partial charge in [-0.05, 0) is 32.0 Å². The van der Waals surface area contributed by atoms with E-state index in [-0.39, 0.29) is 17.8 Å². The normalized spacial score (nSPS) is 30.9. The van der Waals surface area contributed by atoms with Crippen LogP contribution in [0.1, 0.15) is 26.0 Å². The molecule has 0 aliphatic carbocycles. The topological polar surface area (TPSA) is 52.4 Å². The smallest absolute Gasteiger partial charge is 0.153 e. The molecule has 4 rings (SSSR count). The van der Waals surface area contributed by atoms with Gasteiger partial charge in [-0.1, -0.05) is 6.07 Å². The van der Waals surface area contributed by atoms with Gasteiger partial charge < -0.3 is 9.47 Å². The van der Waals surface area contributed by atoms with Crippen molar-refractivity contribution in [3.63, 3.8) is 0 Å². The van der Waals surface area contributed by atoms with Gasteiger partial charge in [-0.15, -0.1) is 0 Å². The Morgan fingerprint density at radius 3 is 2.92 bits per heavy atom. The summed E-state index contributed by atoms with van der Waals surface area (Å²) >= 11 is 0. The molecule has 0 saturated carbocycles. The van der Waals surface area contributed by atoms with E-state index in [2.05, 4.69) is 34.9 Å². The molecule has 0 bridgehead atoms. The van der Waals surface area contributed by atoms with Crippen molar-refractivity contribution in [2.24, 2.45) is 0 Å². The van der Waals surface area contributed by atoms with Gasteiger partial charge in [0.1, 0.15) is 5.60 Å². The fourth-order valence-electron chi connectivity index (χ4n) is 3.89. The first-order chi connectivity index (χ1) is 11.7. The van der Waals surface area contributed by atoms with Gasteiger partial charge >= 0.3 is 0 Å². The molecule has 2 aromatic heterocycles. The van der Waals surface area contributed by atoms with Crippen molar-refractivity contribution >= 4 is 0 Å². The highest BCUT2D eigenvalue weighted by molar-refractivity contribution is 5.23. The van der Waals surface area contributed by atoms with Crippen LogP contribution in [0, 0.1) is 0 Å². The largest absolute Gasteiger partial charge is 0.375 e. The number of rotatable bonds is 3. The minimum absolute atomic E-state index is 0.142. The Bertz CT molecular complexity index is 689. The SMILES string of the molecule is CC1CN(Cc2ccnn2-c2ccccn2)CC2(CCOC2C)O1. The molecule has 0 N–H and O–H groups in total. The lowest BCUT2D eigenvalue weighted by Crippen LogP contribution is -2.57. The molecule has 128 valence electrons. The average molecular weight is 328 g/mol. The minimum Gasteiger partial charge on any atom is -0.375 e. The highest BCUT2D eigenvalue weighted by Crippen LogP contribution is 2.35. The summed E-state index contributed by atoms with van der Waals surface area (Å²) in [4.78, 5) is 6.86. The second-order valence-electron chi connectivity index (χ2n) is 6.85. The lowest BCUT2D eigenvalue weighted by molar-refractivity contribution is -0.171. The lowest BCUT2D eigenvalue weighted by Gasteiger charge is -2.45. The van der Waals surface area contributed by atoms with E-state index in [0.29, 0.717) is 0 Å². The molecule has 6 nitrogen and oxygen atoms in total. The van der Waals surface area contributed by atoms with Gasteiger partial charge in [0.15, 0.2) is 5.82 Å². The van der Waals surface area contributed by atoms with Crippen LogP contribution in [0.15, 0.2) is 36.7 Å². The maximum Gasteiger partial charge on any atom is 0.153 e. The third kappa shape index (κ3) is 2.85. The van der Waals surface area contributed by atoms with Crippen LogP contribution in [-0.4, -0.2) is 57.2 Å². The van der Waals surface area contributed by atoms with E-state index in [1.165, 1.54) is 0 Å². The summed E-state index contributed by atoms with van der Waals surface area (Å²) < 4.78 is 14.0. The minimum atomic E-state index is -0.173. The molecule has 6 heteroatoms. The van der Waals surface area contributed by atoms with Gasteiger partial charge in [-0.2, -0.15) is 5.10 Å². The lowest BCUT2D eigenvalue weighted by atomic mass is 9.93. The van der Waals surface area contributed by atoms with E-state index in [9.17, 15) is 0 Å². The van der Waals surface area contributed by atoms with Crippen LogP contribution in [-0.2, 0) is 16.0 Å². The number of morpholine rings is 1. The zero-order valence-corrected chi connectivity index (χ0v) is 14.3. The predicted octanol–water partition coefficient (Wildman–Crippen LogP) is 2.04. The predicted molar refractivity (Wildman–Crippen MR) is 89.9 cm³/mol. The molecule has 0 aromatic carbocycles. The molecule has 2 fully saturated rings. The van der Waals surface area contributed by atoms with Gasteiger partial charge in [-0.25, -0.2) is 9.67 Å². The highest BCUT2D eigenvalue weighted by atomic mass is 16.6. The van der Waals surface area contributed by atoms with Crippen molar-refractivity contribution in [1.29, 1.82) is 0 Å². The van der Waals surface area contributed by atoms with Crippen molar-refractivity contribution in [2.75, 3.05) is 19.7 Å². The summed E-state index contributed by atoms with van der Waals surface area (Å²) in [6, 6.07) is 7.95. The number of hydrogen-bond donors (Lipinski definition) is 0. The van der Waals surface area contributed by atoms with E-state index < -0.39 is 0 Å². The number of aromatic nitrogens is 3. The Morgan fingerprint density at radius 1 is 1.25 bits per heavy atom. The summed E-state index contributed by atoms with van der Waals surface area (Å²) in [6.07, 6.45) is 4.95. The van der Waals surface area contributed by atoms with Gasteiger partial charge in [0, 0.05) is 45.1 Å². The molecule has 24 heavy (non-hydrogen) atoms. The average Bonchev–Trinajstić information content (AvgIpc) is 3.15. The molecule has 3 unspecified atom stereocenters. The molecule has 0 amide bonds. The van der Waals surface area contributed by atoms with Crippen LogP contribution in [0.2, 0.25) is 0 Å². The monoisotopic (exact) mass is 328 g/mol. The molecule has 2 aromatic rings. The van der Waals surface area contributed by atoms with Crippen molar-refractivity contribution in [1.82, 2.24) is 19.7 Å². The second-order valence-corrected chi connectivity index (χ2v) is 6.85. The number of ether oxygens (including phenoxy) is 2. The fraction of sp³-hybridized carbons (Fsp3) is 0.556. The molecule has 3 atom stereocenters. The third-order valence-electron chi connectivity index (χ3n) is 5.05. The molecule has 2 aliphatic rings. The maximum absolute atomic E-state index is 6.31. The van der Waals surface area contributed by atoms with Crippen LogP contribution in [0.4, 0.5) is 0 Å². The standard InChI is InChI=1S/C18H24N4O2/c1-14-11-21(13-18(24-14)7-10-23-15(18)2)12-16-6-9-20-22(16)17-5-3-4-8-19-17/h3-6,8-9,14-15H,7,10-13H2,1-2H3. The first-order valence-electron chi connectivity index (χ1n) is 8.62. The van der Waals surface area contributed by atoms with Crippen LogP contribution in [0.3, 0.4) is 0 Å². The molecular formula is C18H24N4O2. The fourth-order valence-corrected chi connectivity index (χ4v) is 3.89. The van der Waals surface area contributed by atoms with Crippen molar-refractivity contribution in [2.45, 2.75) is 44.6 Å². The van der Waals surface area contributed by atoms with Crippen molar-refractivity contribution in [3.8, 4) is 5.82 Å². The summed E-state index contributed by atoms with van der Waals surface area (Å²) in [5.74, 6) is 0.853. The molecule has 0 radical (unpaired) electrons. The summed E-state index contributed by atoms with van der Waals surface area (Å²) in [5, 5.41) is 4.45. The Kier molecular flexibility index (Phi) is 4.12. The summed E-state index contributed by atoms with van der Waals surface area (Å²) in [5.41, 5.74) is 0.970. The zero-order chi connectivity index (χ0) is 16.6. The van der Waals surface area contributed by atoms with Gasteiger partial charge in [0.2, 0.25) is 0 Å². The molecule has 1 spiro atoms. The van der Waals surface area contributed by atoms with Crippen LogP contribution >= 0.6 is 0 Å². The van der Waals surface area contributed by atoms with E-state index in [4.69, 9.17) is 9.47 Å². The van der Waals surface area contributed by atoms with Gasteiger partial charge in [-0.3, -0.25) is 4.90 Å². The number of pyridine rings is 1. The Morgan fingerprint density at radius 2 is 2.17 bits per heavy atom. The highest BCUT2D eigenvalue weighted by Gasteiger charge is 2.47. The first-order valence-corrected chi connectivity index (χ1v) is 8.62. The van der Waals surface area contributed by atoms with E-state index in [1.807, 2.05) is 29.1 Å². The molecule has 2 saturated heterocycles. The quantitative estimate of drug-likeness (QED) is 0.863. The van der Waals surface area contributed by atoms with Crippen LogP contribution in [0.25, 0.3) is 5.82 Å². The van der Waals surface area contributed by atoms with Gasteiger partial charge in [0.25, 0.3) is 0 Å². The first kappa shape index (κ1) is 15.7. The molecule has 2 aliphatic heterocycles. The van der Waals surface area contributed by atoms with Crippen molar-refractivity contribution in [3.05, 3.63) is 42.4 Å². The zero-order valence-electron chi connectivity index (χ0n) is 14.3. The number of nitrogens with zero attached hydrogens (tertiary/aromatic N) is 4. The Hall–Kier alpha value is -1.76. The van der Waals surface area contributed by atoms with E-state index in [1.54, 1.807) is 6.20 Å². The number of hydrogen-bond acceptors (Lipinski definition) is 5. The third-order valence-corrected chi connectivity index (χ3v) is 5.05. The molecular weight excluding hydrogens is 304 g/mol. The van der Waals surface area contributed by atoms with E-state index >= 15 is 0 Å². The Labute approximate surface area is 142 Å². The van der Waals surface area contributed by atoms with Gasteiger partial charge in [0.05, 0.1) is 17.9 Å². The summed E-state index contributed by atoms with van der Waals surface area (Å²) in [6.45, 7) is 7.70. The summed E-state index contributed by atoms with van der Waals surface area (Å²) in [7, 11) is 0. The van der Waals surface area contributed by atoms with Crippen LogP contribution in [0.5, 0.6) is 0 Å². The molecule has 4 heterocycles. The Balaban J connectivity index is 1.55. The van der Waals surface area contributed by atoms with E-state index in [0.717, 1.165) is 44.2 Å².